The van der Waals surface area contributed by atoms with E-state index in [-0.39, 0.29) is 55.3 Å². The summed E-state index contributed by atoms with van der Waals surface area (Å²) >= 11 is 3.75. The number of nitrogens with zero attached hydrogens (tertiary/aromatic N) is 2. The van der Waals surface area contributed by atoms with Crippen LogP contribution in [0.4, 0.5) is 0 Å². The number of carbonyl (C=O) groups excluding carboxylic acids is 4. The number of rotatable bonds is 20. The van der Waals surface area contributed by atoms with Crippen LogP contribution in [-0.4, -0.2) is 101 Å². The fourth-order valence-electron chi connectivity index (χ4n) is 7.98. The Bertz CT molecular complexity index is 1560. The highest BCUT2D eigenvalue weighted by Gasteiger charge is 2.77. The van der Waals surface area contributed by atoms with Gasteiger partial charge in [-0.05, 0) is 43.2 Å². The van der Waals surface area contributed by atoms with Crippen LogP contribution in [0.3, 0.4) is 0 Å². The molecule has 0 aliphatic carbocycles. The highest BCUT2D eigenvalue weighted by Crippen LogP contribution is 2.60. The number of esters is 1. The molecule has 12 heteroatoms. The lowest BCUT2D eigenvalue weighted by Gasteiger charge is -2.37. The van der Waals surface area contributed by atoms with Gasteiger partial charge in [-0.25, -0.2) is 0 Å². The van der Waals surface area contributed by atoms with Crippen molar-refractivity contribution in [2.24, 2.45) is 11.8 Å². The Morgan fingerprint density at radius 1 is 1.10 bits per heavy atom. The molecular formula is C40H50BrN3O8. The van der Waals surface area contributed by atoms with E-state index in [1.54, 1.807) is 22.0 Å². The van der Waals surface area contributed by atoms with Crippen LogP contribution in [-0.2, 0) is 39.9 Å². The minimum atomic E-state index is -1.28. The van der Waals surface area contributed by atoms with E-state index in [1.807, 2.05) is 60.7 Å². The van der Waals surface area contributed by atoms with Crippen LogP contribution in [0, 0.1) is 11.8 Å². The average Bonchev–Trinajstić information content (AvgIpc) is 3.74. The van der Waals surface area contributed by atoms with E-state index in [4.69, 9.17) is 14.2 Å². The summed E-state index contributed by atoms with van der Waals surface area (Å²) in [6.45, 7) is 8.49. The Morgan fingerprint density at radius 2 is 1.81 bits per heavy atom. The van der Waals surface area contributed by atoms with Gasteiger partial charge in [0.25, 0.3) is 0 Å². The van der Waals surface area contributed by atoms with E-state index in [1.165, 1.54) is 7.11 Å². The van der Waals surface area contributed by atoms with Crippen LogP contribution >= 0.6 is 15.9 Å². The molecule has 3 aliphatic heterocycles. The Labute approximate surface area is 314 Å². The van der Waals surface area contributed by atoms with Gasteiger partial charge in [0.15, 0.2) is 0 Å². The SMILES string of the molecule is C=CCCC(=O)N[C@@H](COC)[C@@H](OC(=O)[C@@H]1[C@H]2O[C@@]3(CC2Br)[C@H](C(=O)N(CC=C)Cc2ccccc2)N(CCCCCO)C(=O)[C@@H]13)c1ccccc1. The molecule has 0 radical (unpaired) electrons. The lowest BCUT2D eigenvalue weighted by atomic mass is 9.70. The zero-order chi connectivity index (χ0) is 37.3. The number of nitrogens with one attached hydrogen (secondary N) is 1. The quantitative estimate of drug-likeness (QED) is 0.0870. The zero-order valence-corrected chi connectivity index (χ0v) is 31.3. The number of hydrogen-bond acceptors (Lipinski definition) is 8. The van der Waals surface area contributed by atoms with Crippen molar-refractivity contribution < 1.29 is 38.5 Å². The summed E-state index contributed by atoms with van der Waals surface area (Å²) in [5, 5.41) is 12.4. The Balaban J connectivity index is 1.49. The van der Waals surface area contributed by atoms with Crippen LogP contribution in [0.5, 0.6) is 0 Å². The summed E-state index contributed by atoms with van der Waals surface area (Å²) in [4.78, 5) is 59.8. The Hall–Kier alpha value is -3.84. The van der Waals surface area contributed by atoms with Gasteiger partial charge in [-0.2, -0.15) is 0 Å². The number of amides is 3. The lowest BCUT2D eigenvalue weighted by molar-refractivity contribution is -0.163. The molecule has 8 atom stereocenters. The fourth-order valence-corrected chi connectivity index (χ4v) is 8.92. The smallest absolute Gasteiger partial charge is 0.313 e. The standard InChI is InChI=1S/C40H50BrN3O8/c1-4-6-20-31(46)42-30(26-50-3)34(28-18-12-8-13-19-28)51-39(49)32-33-37(47)44(22-14-9-15-23-45)36(40(33)24-29(41)35(32)52-40)38(48)43(21-5-2)25-27-16-10-7-11-17-27/h4-5,7-8,10-13,16-19,29-30,32-36,45H,1-2,6,9,14-15,20-26H2,3H3,(H,42,46)/t29?,30-,32-,33+,34-,35-,36-,40+/m0/s1. The number of aliphatic hydroxyl groups is 1. The molecule has 3 amide bonds. The summed E-state index contributed by atoms with van der Waals surface area (Å²) < 4.78 is 18.6. The first-order valence-corrected chi connectivity index (χ1v) is 18.9. The number of fused-ring (bicyclic) bond motifs is 1. The van der Waals surface area contributed by atoms with Gasteiger partial charge in [0.05, 0.1) is 30.6 Å². The van der Waals surface area contributed by atoms with Crippen LogP contribution in [0.15, 0.2) is 86.0 Å². The number of ether oxygens (including phenoxy) is 3. The molecule has 5 rings (SSSR count). The maximum atomic E-state index is 14.8. The molecule has 2 N–H and O–H groups in total. The van der Waals surface area contributed by atoms with Crippen molar-refractivity contribution in [2.75, 3.05) is 33.4 Å². The van der Waals surface area contributed by atoms with Gasteiger partial charge in [0, 0.05) is 44.6 Å². The summed E-state index contributed by atoms with van der Waals surface area (Å²) in [6.07, 6.45) is 4.48. The Morgan fingerprint density at radius 3 is 2.46 bits per heavy atom. The summed E-state index contributed by atoms with van der Waals surface area (Å²) in [5.74, 6) is -3.48. The molecule has 1 unspecified atom stereocenters. The van der Waals surface area contributed by atoms with Gasteiger partial charge in [-0.3, -0.25) is 19.2 Å². The number of carbonyl (C=O) groups is 4. The molecule has 2 aromatic rings. The predicted octanol–water partition coefficient (Wildman–Crippen LogP) is 4.49. The van der Waals surface area contributed by atoms with Crippen molar-refractivity contribution in [1.82, 2.24) is 15.1 Å². The first kappa shape index (κ1) is 39.4. The molecule has 2 bridgehead atoms. The molecule has 280 valence electrons. The molecule has 0 aromatic heterocycles. The second kappa shape index (κ2) is 18.3. The van der Waals surface area contributed by atoms with Crippen molar-refractivity contribution in [3.63, 3.8) is 0 Å². The third-order valence-corrected chi connectivity index (χ3v) is 11.1. The molecule has 11 nitrogen and oxygen atoms in total. The molecule has 3 saturated heterocycles. The monoisotopic (exact) mass is 779 g/mol. The maximum absolute atomic E-state index is 14.8. The molecule has 0 saturated carbocycles. The normalized spacial score (nSPS) is 25.6. The molecule has 3 heterocycles. The van der Waals surface area contributed by atoms with Gasteiger partial charge in [0.1, 0.15) is 17.7 Å². The van der Waals surface area contributed by atoms with E-state index >= 15 is 0 Å². The number of allylic oxidation sites excluding steroid dienone is 1. The average molecular weight is 781 g/mol. The minimum absolute atomic E-state index is 0.0262. The zero-order valence-electron chi connectivity index (χ0n) is 29.7. The molecule has 3 aliphatic rings. The van der Waals surface area contributed by atoms with Crippen LogP contribution in [0.2, 0.25) is 0 Å². The third-order valence-electron chi connectivity index (χ3n) is 10.2. The first-order valence-electron chi connectivity index (χ1n) is 18.0. The number of hydrogen-bond donors (Lipinski definition) is 2. The molecular weight excluding hydrogens is 730 g/mol. The van der Waals surface area contributed by atoms with Gasteiger partial charge in [-0.1, -0.05) is 88.7 Å². The summed E-state index contributed by atoms with van der Waals surface area (Å²) in [6, 6.07) is 17.0. The molecule has 1 spiro atoms. The van der Waals surface area contributed by atoms with Gasteiger partial charge in [0.2, 0.25) is 17.7 Å². The number of methoxy groups -OCH3 is 1. The highest BCUT2D eigenvalue weighted by molar-refractivity contribution is 9.09. The maximum Gasteiger partial charge on any atom is 0.313 e. The van der Waals surface area contributed by atoms with E-state index in [2.05, 4.69) is 34.4 Å². The number of alkyl halides is 1. The number of unbranched alkanes of at least 4 members (excludes halogenated alkanes) is 2. The molecule has 3 fully saturated rings. The molecule has 2 aromatic carbocycles. The van der Waals surface area contributed by atoms with Crippen molar-refractivity contribution in [2.45, 2.75) is 79.8 Å². The van der Waals surface area contributed by atoms with E-state index in [9.17, 15) is 24.3 Å². The van der Waals surface area contributed by atoms with Gasteiger partial charge >= 0.3 is 5.97 Å². The second-order valence-corrected chi connectivity index (χ2v) is 14.9. The van der Waals surface area contributed by atoms with E-state index in [0.29, 0.717) is 44.2 Å². The second-order valence-electron chi connectivity index (χ2n) is 13.7. The van der Waals surface area contributed by atoms with Crippen molar-refractivity contribution in [3.8, 4) is 0 Å². The van der Waals surface area contributed by atoms with Crippen LogP contribution in [0.25, 0.3) is 0 Å². The summed E-state index contributed by atoms with van der Waals surface area (Å²) in [5.41, 5.74) is 0.293. The minimum Gasteiger partial charge on any atom is -0.455 e. The van der Waals surface area contributed by atoms with Crippen molar-refractivity contribution in [3.05, 3.63) is 97.1 Å². The Kier molecular flexibility index (Phi) is 13.8. The van der Waals surface area contributed by atoms with Gasteiger partial charge in [-0.15, -0.1) is 13.2 Å². The van der Waals surface area contributed by atoms with Crippen molar-refractivity contribution in [1.29, 1.82) is 0 Å². The largest absolute Gasteiger partial charge is 0.455 e. The van der Waals surface area contributed by atoms with Gasteiger partial charge < -0.3 is 34.4 Å². The lowest BCUT2D eigenvalue weighted by Crippen LogP contribution is -2.56. The van der Waals surface area contributed by atoms with E-state index in [0.717, 1.165) is 5.56 Å². The third kappa shape index (κ3) is 8.35. The van der Waals surface area contributed by atoms with Crippen molar-refractivity contribution >= 4 is 39.6 Å². The number of likely N-dealkylation sites (tertiary alicyclic amines) is 1. The summed E-state index contributed by atoms with van der Waals surface area (Å²) in [7, 11) is 1.51. The number of aliphatic hydroxyl groups excluding tert-OH is 1. The molecule has 52 heavy (non-hydrogen) atoms. The topological polar surface area (TPSA) is 135 Å². The predicted molar refractivity (Wildman–Crippen MR) is 199 cm³/mol. The highest BCUT2D eigenvalue weighted by atomic mass is 79.9. The van der Waals surface area contributed by atoms with Crippen LogP contribution in [0.1, 0.15) is 55.8 Å². The first-order chi connectivity index (χ1) is 25.2. The number of halogens is 1. The fraction of sp³-hybridized carbons (Fsp3) is 0.500. The number of benzene rings is 2. The van der Waals surface area contributed by atoms with Crippen LogP contribution < -0.4 is 5.32 Å². The van der Waals surface area contributed by atoms with E-state index < -0.39 is 47.7 Å².